The number of carbonyl (C=O) groups excluding carboxylic acids is 1. The number of aryl methyl sites for hydroxylation is 1. The number of carbonyl (C=O) groups is 1. The van der Waals surface area contributed by atoms with Crippen LogP contribution in [-0.4, -0.2) is 62.3 Å². The second kappa shape index (κ2) is 9.10. The maximum absolute atomic E-state index is 12.6. The number of hydrogen-bond acceptors (Lipinski definition) is 6. The Morgan fingerprint density at radius 3 is 2.68 bits per heavy atom. The van der Waals surface area contributed by atoms with E-state index in [1.165, 1.54) is 0 Å². The van der Waals surface area contributed by atoms with Crippen LogP contribution in [0.3, 0.4) is 0 Å². The summed E-state index contributed by atoms with van der Waals surface area (Å²) < 4.78 is 1.80. The number of anilines is 1. The van der Waals surface area contributed by atoms with Crippen LogP contribution in [0.2, 0.25) is 0 Å². The van der Waals surface area contributed by atoms with Crippen molar-refractivity contribution in [3.05, 3.63) is 53.9 Å². The van der Waals surface area contributed by atoms with E-state index in [1.807, 2.05) is 43.1 Å². The molecule has 1 amide bonds. The van der Waals surface area contributed by atoms with E-state index in [2.05, 4.69) is 29.1 Å². The number of hydrogen-bond donors (Lipinski definition) is 3. The highest BCUT2D eigenvalue weighted by atomic mass is 16.3. The molecule has 0 saturated heterocycles. The molecule has 0 aliphatic heterocycles. The fourth-order valence-corrected chi connectivity index (χ4v) is 3.70. The van der Waals surface area contributed by atoms with E-state index >= 15 is 0 Å². The molecule has 0 unspecified atom stereocenters. The molecule has 0 atom stereocenters. The smallest absolute Gasteiger partial charge is 0.251 e. The SMILES string of the molecule is C=C(c1cc(NCC(C)(C)O)c2ncc(-c3ccc(C(=O)NC4CC4)c(C)c3)n2n1)N(C)CC. The molecule has 0 spiro atoms. The minimum Gasteiger partial charge on any atom is -0.389 e. The van der Waals surface area contributed by atoms with Crippen LogP contribution in [0, 0.1) is 6.92 Å². The third-order valence-corrected chi connectivity index (χ3v) is 6.09. The first kappa shape index (κ1) is 23.8. The molecule has 180 valence electrons. The molecule has 3 aromatic rings. The Bertz CT molecular complexity index is 1240. The van der Waals surface area contributed by atoms with E-state index in [0.717, 1.165) is 47.6 Å². The summed E-state index contributed by atoms with van der Waals surface area (Å²) in [5, 5.41) is 21.5. The number of aromatic nitrogens is 3. The van der Waals surface area contributed by atoms with Gasteiger partial charge in [0.25, 0.3) is 5.91 Å². The Balaban J connectivity index is 1.76. The second-order valence-electron chi connectivity index (χ2n) is 9.73. The molecule has 1 aliphatic carbocycles. The largest absolute Gasteiger partial charge is 0.389 e. The van der Waals surface area contributed by atoms with Gasteiger partial charge in [0.1, 0.15) is 5.69 Å². The Labute approximate surface area is 200 Å². The second-order valence-corrected chi connectivity index (χ2v) is 9.73. The van der Waals surface area contributed by atoms with Crippen LogP contribution < -0.4 is 10.6 Å². The van der Waals surface area contributed by atoms with Crippen LogP contribution in [0.1, 0.15) is 55.2 Å². The van der Waals surface area contributed by atoms with Gasteiger partial charge in [-0.05, 0) is 64.3 Å². The predicted octanol–water partition coefficient (Wildman–Crippen LogP) is 3.70. The van der Waals surface area contributed by atoms with Crippen LogP contribution in [0.15, 0.2) is 37.0 Å². The van der Waals surface area contributed by atoms with Gasteiger partial charge < -0.3 is 20.6 Å². The average molecular weight is 463 g/mol. The fraction of sp³-hybridized carbons (Fsp3) is 0.423. The molecule has 4 rings (SSSR count). The van der Waals surface area contributed by atoms with Crippen molar-refractivity contribution in [3.63, 3.8) is 0 Å². The summed E-state index contributed by atoms with van der Waals surface area (Å²) in [6, 6.07) is 8.03. The lowest BCUT2D eigenvalue weighted by Crippen LogP contribution is -2.29. The molecule has 2 heterocycles. The minimum atomic E-state index is -0.888. The summed E-state index contributed by atoms with van der Waals surface area (Å²) in [5.74, 6) is -0.0258. The third-order valence-electron chi connectivity index (χ3n) is 6.09. The summed E-state index contributed by atoms with van der Waals surface area (Å²) in [7, 11) is 1.97. The average Bonchev–Trinajstić information content (AvgIpc) is 3.50. The summed E-state index contributed by atoms with van der Waals surface area (Å²) in [4.78, 5) is 19.2. The Morgan fingerprint density at radius 2 is 2.06 bits per heavy atom. The standard InChI is InChI=1S/C26H34N6O2/c1-7-31(6)17(3)21-13-22(28-15-26(4,5)34)24-27-14-23(32(24)30-21)18-8-11-20(16(2)12-18)25(33)29-19-9-10-19/h8,11-14,19,28,34H,3,7,9-10,15H2,1-2,4-6H3,(H,29,33). The van der Waals surface area contributed by atoms with Crippen molar-refractivity contribution in [1.29, 1.82) is 0 Å². The predicted molar refractivity (Wildman–Crippen MR) is 136 cm³/mol. The quantitative estimate of drug-likeness (QED) is 0.449. The van der Waals surface area contributed by atoms with Gasteiger partial charge in [-0.3, -0.25) is 4.79 Å². The number of amides is 1. The zero-order valence-corrected chi connectivity index (χ0v) is 20.6. The van der Waals surface area contributed by atoms with Crippen molar-refractivity contribution in [1.82, 2.24) is 24.8 Å². The van der Waals surface area contributed by atoms with Gasteiger partial charge in [0.05, 0.1) is 28.9 Å². The topological polar surface area (TPSA) is 94.8 Å². The van der Waals surface area contributed by atoms with Gasteiger partial charge in [-0.15, -0.1) is 0 Å². The van der Waals surface area contributed by atoms with Crippen molar-refractivity contribution in [2.24, 2.45) is 0 Å². The monoisotopic (exact) mass is 462 g/mol. The van der Waals surface area contributed by atoms with Gasteiger partial charge in [0.15, 0.2) is 5.65 Å². The van der Waals surface area contributed by atoms with Crippen LogP contribution in [0.5, 0.6) is 0 Å². The van der Waals surface area contributed by atoms with E-state index in [0.29, 0.717) is 29.5 Å². The zero-order chi connectivity index (χ0) is 24.6. The lowest BCUT2D eigenvalue weighted by atomic mass is 10.0. The van der Waals surface area contributed by atoms with Gasteiger partial charge in [0, 0.05) is 37.3 Å². The minimum absolute atomic E-state index is 0.0258. The summed E-state index contributed by atoms with van der Waals surface area (Å²) >= 11 is 0. The summed E-state index contributed by atoms with van der Waals surface area (Å²) in [6.45, 7) is 12.9. The van der Waals surface area contributed by atoms with Gasteiger partial charge in [-0.1, -0.05) is 12.6 Å². The number of benzene rings is 1. The lowest BCUT2D eigenvalue weighted by molar-refractivity contribution is 0.0940. The highest BCUT2D eigenvalue weighted by Crippen LogP contribution is 2.29. The normalized spacial score (nSPS) is 13.7. The molecule has 1 saturated carbocycles. The number of nitrogens with zero attached hydrogens (tertiary/aromatic N) is 4. The number of aliphatic hydroxyl groups is 1. The molecule has 8 heteroatoms. The molecule has 8 nitrogen and oxygen atoms in total. The van der Waals surface area contributed by atoms with Crippen molar-refractivity contribution >= 4 is 22.9 Å². The van der Waals surface area contributed by atoms with Crippen molar-refractivity contribution in [2.75, 3.05) is 25.5 Å². The van der Waals surface area contributed by atoms with Gasteiger partial charge in [-0.25, -0.2) is 9.50 Å². The summed E-state index contributed by atoms with van der Waals surface area (Å²) in [6.07, 6.45) is 3.90. The maximum Gasteiger partial charge on any atom is 0.251 e. The fourth-order valence-electron chi connectivity index (χ4n) is 3.70. The van der Waals surface area contributed by atoms with Gasteiger partial charge in [0.2, 0.25) is 0 Å². The van der Waals surface area contributed by atoms with Crippen LogP contribution in [-0.2, 0) is 0 Å². The molecule has 3 N–H and O–H groups in total. The van der Waals surface area contributed by atoms with E-state index in [1.54, 1.807) is 24.6 Å². The number of nitrogens with one attached hydrogen (secondary N) is 2. The highest BCUT2D eigenvalue weighted by Gasteiger charge is 2.25. The first-order valence-corrected chi connectivity index (χ1v) is 11.7. The van der Waals surface area contributed by atoms with Gasteiger partial charge >= 0.3 is 0 Å². The number of imidazole rings is 1. The van der Waals surface area contributed by atoms with Crippen LogP contribution in [0.4, 0.5) is 5.69 Å². The van der Waals surface area contributed by atoms with Crippen molar-refractivity contribution in [2.45, 2.75) is 52.2 Å². The van der Waals surface area contributed by atoms with Gasteiger partial charge in [-0.2, -0.15) is 5.10 Å². The van der Waals surface area contributed by atoms with Crippen LogP contribution >= 0.6 is 0 Å². The third kappa shape index (κ3) is 5.07. The zero-order valence-electron chi connectivity index (χ0n) is 20.6. The Morgan fingerprint density at radius 1 is 1.32 bits per heavy atom. The molecule has 1 aliphatic rings. The van der Waals surface area contributed by atoms with E-state index < -0.39 is 5.60 Å². The molecule has 0 bridgehead atoms. The molecule has 1 fully saturated rings. The lowest BCUT2D eigenvalue weighted by Gasteiger charge is -2.22. The van der Waals surface area contributed by atoms with Crippen molar-refractivity contribution in [3.8, 4) is 11.3 Å². The van der Waals surface area contributed by atoms with Crippen molar-refractivity contribution < 1.29 is 9.90 Å². The number of rotatable bonds is 9. The van der Waals surface area contributed by atoms with E-state index in [9.17, 15) is 9.90 Å². The van der Waals surface area contributed by atoms with E-state index in [4.69, 9.17) is 5.10 Å². The Hall–Kier alpha value is -3.39. The molecule has 34 heavy (non-hydrogen) atoms. The maximum atomic E-state index is 12.6. The first-order valence-electron chi connectivity index (χ1n) is 11.7. The molecule has 2 aromatic heterocycles. The molecular formula is C26H34N6O2. The first-order chi connectivity index (χ1) is 16.1. The summed E-state index contributed by atoms with van der Waals surface area (Å²) in [5.41, 5.74) is 5.35. The molecule has 0 radical (unpaired) electrons. The molecule has 1 aromatic carbocycles. The Kier molecular flexibility index (Phi) is 6.36. The number of fused-ring (bicyclic) bond motifs is 1. The molecular weight excluding hydrogens is 428 g/mol. The highest BCUT2D eigenvalue weighted by molar-refractivity contribution is 5.96. The van der Waals surface area contributed by atoms with Crippen LogP contribution in [0.25, 0.3) is 22.6 Å². The van der Waals surface area contributed by atoms with E-state index in [-0.39, 0.29) is 5.91 Å².